The van der Waals surface area contributed by atoms with Crippen molar-refractivity contribution in [1.29, 1.82) is 0 Å². The molecule has 26 heavy (non-hydrogen) atoms. The molecule has 1 N–H and O–H groups in total. The molecule has 0 heterocycles. The monoisotopic (exact) mass is 394 g/mol. The second-order valence-electron chi connectivity index (χ2n) is 6.47. The number of aryl methyl sites for hydroxylation is 3. The maximum Gasteiger partial charge on any atom is 0.248 e. The van der Waals surface area contributed by atoms with Crippen molar-refractivity contribution in [1.82, 2.24) is 0 Å². The molecule has 0 aliphatic heterocycles. The van der Waals surface area contributed by atoms with Gasteiger partial charge in [-0.25, -0.2) is 8.42 Å². The molecule has 0 aromatic heterocycles. The van der Waals surface area contributed by atoms with Crippen molar-refractivity contribution in [3.63, 3.8) is 0 Å². The fraction of sp³-hybridized carbons (Fsp3) is 0.316. The van der Waals surface area contributed by atoms with E-state index in [0.29, 0.717) is 22.0 Å². The molecule has 1 atom stereocenters. The van der Waals surface area contributed by atoms with Gasteiger partial charge in [-0.15, -0.1) is 0 Å². The minimum atomic E-state index is -3.70. The van der Waals surface area contributed by atoms with E-state index in [-0.39, 0.29) is 0 Å². The van der Waals surface area contributed by atoms with Crippen LogP contribution in [0, 0.1) is 20.8 Å². The van der Waals surface area contributed by atoms with Crippen LogP contribution in [0.5, 0.6) is 0 Å². The highest BCUT2D eigenvalue weighted by Crippen LogP contribution is 2.28. The first kappa shape index (κ1) is 20.3. The van der Waals surface area contributed by atoms with Crippen molar-refractivity contribution in [2.45, 2.75) is 33.7 Å². The zero-order valence-electron chi connectivity index (χ0n) is 15.5. The largest absolute Gasteiger partial charge is 0.324 e. The van der Waals surface area contributed by atoms with E-state index >= 15 is 0 Å². The molecule has 2 aromatic rings. The fourth-order valence-corrected chi connectivity index (χ4v) is 4.18. The van der Waals surface area contributed by atoms with Gasteiger partial charge in [-0.2, -0.15) is 0 Å². The van der Waals surface area contributed by atoms with Crippen molar-refractivity contribution in [2.24, 2.45) is 0 Å². The average molecular weight is 395 g/mol. The molecule has 1 amide bonds. The summed E-state index contributed by atoms with van der Waals surface area (Å²) in [4.78, 5) is 12.8. The molecule has 140 valence electrons. The Morgan fingerprint density at radius 3 is 2.31 bits per heavy atom. The summed E-state index contributed by atoms with van der Waals surface area (Å²) in [5, 5.41) is 3.22. The third-order valence-corrected chi connectivity index (χ3v) is 5.60. The number of nitrogens with zero attached hydrogens (tertiary/aromatic N) is 1. The first-order valence-electron chi connectivity index (χ1n) is 8.14. The lowest BCUT2D eigenvalue weighted by Gasteiger charge is -2.29. The maximum absolute atomic E-state index is 12.8. The van der Waals surface area contributed by atoms with Gasteiger partial charge in [0.2, 0.25) is 15.9 Å². The first-order chi connectivity index (χ1) is 12.0. The van der Waals surface area contributed by atoms with Gasteiger partial charge in [0.1, 0.15) is 6.04 Å². The standard InChI is InChI=1S/C19H23ClN2O3S/c1-12-6-9-17(14(3)10-12)21-19(23)15(4)22(26(5,24)25)18-11-16(20)8-7-13(18)2/h6-11,15H,1-5H3,(H,21,23)/t15-/m1/s1. The Bertz CT molecular complexity index is 942. The second-order valence-corrected chi connectivity index (χ2v) is 8.77. The van der Waals surface area contributed by atoms with Crippen molar-refractivity contribution in [2.75, 3.05) is 15.9 Å². The number of benzene rings is 2. The minimum Gasteiger partial charge on any atom is -0.324 e. The number of hydrogen-bond donors (Lipinski definition) is 1. The normalized spacial score (nSPS) is 12.5. The smallest absolute Gasteiger partial charge is 0.248 e. The van der Waals surface area contributed by atoms with Crippen LogP contribution in [-0.2, 0) is 14.8 Å². The van der Waals surface area contributed by atoms with E-state index in [2.05, 4.69) is 5.32 Å². The van der Waals surface area contributed by atoms with Gasteiger partial charge in [0, 0.05) is 10.7 Å². The summed E-state index contributed by atoms with van der Waals surface area (Å²) in [6, 6.07) is 9.68. The van der Waals surface area contributed by atoms with Crippen LogP contribution in [0.3, 0.4) is 0 Å². The number of carbonyl (C=O) groups excluding carboxylic acids is 1. The van der Waals surface area contributed by atoms with Gasteiger partial charge in [-0.1, -0.05) is 35.4 Å². The Hall–Kier alpha value is -2.05. The fourth-order valence-electron chi connectivity index (χ4n) is 2.79. The van der Waals surface area contributed by atoms with Gasteiger partial charge in [-0.3, -0.25) is 9.10 Å². The molecule has 0 aliphatic carbocycles. The summed E-state index contributed by atoms with van der Waals surface area (Å²) in [5.74, 6) is -0.415. The third-order valence-electron chi connectivity index (χ3n) is 4.14. The van der Waals surface area contributed by atoms with Crippen molar-refractivity contribution < 1.29 is 13.2 Å². The molecule has 5 nitrogen and oxygen atoms in total. The zero-order chi connectivity index (χ0) is 19.6. The lowest BCUT2D eigenvalue weighted by molar-refractivity contribution is -0.116. The van der Waals surface area contributed by atoms with Crippen LogP contribution in [0.2, 0.25) is 5.02 Å². The number of anilines is 2. The molecular weight excluding hydrogens is 372 g/mol. The number of amides is 1. The second kappa shape index (κ2) is 7.68. The summed E-state index contributed by atoms with van der Waals surface area (Å²) in [6.07, 6.45) is 1.08. The molecule has 0 saturated carbocycles. The van der Waals surface area contributed by atoms with Crippen molar-refractivity contribution >= 4 is 38.9 Å². The molecule has 0 aliphatic rings. The number of halogens is 1. The highest BCUT2D eigenvalue weighted by Gasteiger charge is 2.30. The van der Waals surface area contributed by atoms with E-state index in [4.69, 9.17) is 11.6 Å². The van der Waals surface area contributed by atoms with Crippen molar-refractivity contribution in [3.8, 4) is 0 Å². The van der Waals surface area contributed by atoms with Gasteiger partial charge >= 0.3 is 0 Å². The van der Waals surface area contributed by atoms with E-state index in [9.17, 15) is 13.2 Å². The Kier molecular flexibility index (Phi) is 5.98. The molecule has 2 rings (SSSR count). The number of carbonyl (C=O) groups is 1. The van der Waals surface area contributed by atoms with E-state index in [1.165, 1.54) is 0 Å². The Morgan fingerprint density at radius 2 is 1.73 bits per heavy atom. The highest BCUT2D eigenvalue weighted by molar-refractivity contribution is 7.92. The zero-order valence-corrected chi connectivity index (χ0v) is 17.1. The van der Waals surface area contributed by atoms with Crippen LogP contribution < -0.4 is 9.62 Å². The number of rotatable bonds is 5. The van der Waals surface area contributed by atoms with E-state index < -0.39 is 22.0 Å². The van der Waals surface area contributed by atoms with Crippen LogP contribution in [-0.4, -0.2) is 26.6 Å². The molecule has 0 fully saturated rings. The number of nitrogens with one attached hydrogen (secondary N) is 1. The average Bonchev–Trinajstić information content (AvgIpc) is 2.52. The summed E-state index contributed by atoms with van der Waals surface area (Å²) in [5.41, 5.74) is 3.76. The van der Waals surface area contributed by atoms with Crippen LogP contribution in [0.15, 0.2) is 36.4 Å². The summed E-state index contributed by atoms with van der Waals surface area (Å²) in [6.45, 7) is 7.19. The van der Waals surface area contributed by atoms with Crippen LogP contribution in [0.25, 0.3) is 0 Å². The molecular formula is C19H23ClN2O3S. The highest BCUT2D eigenvalue weighted by atomic mass is 35.5. The molecule has 7 heteroatoms. The SMILES string of the molecule is Cc1ccc(NC(=O)[C@@H](C)N(c2cc(Cl)ccc2C)S(C)(=O)=O)c(C)c1. The van der Waals surface area contributed by atoms with E-state index in [0.717, 1.165) is 21.7 Å². The van der Waals surface area contributed by atoms with Gasteiger partial charge in [0.15, 0.2) is 0 Å². The van der Waals surface area contributed by atoms with E-state index in [1.54, 1.807) is 32.0 Å². The Balaban J connectivity index is 2.39. The predicted octanol–water partition coefficient (Wildman–Crippen LogP) is 4.06. The molecule has 0 unspecified atom stereocenters. The van der Waals surface area contributed by atoms with Gasteiger partial charge in [0.25, 0.3) is 0 Å². The Morgan fingerprint density at radius 1 is 1.08 bits per heavy atom. The van der Waals surface area contributed by atoms with Crippen LogP contribution >= 0.6 is 11.6 Å². The number of hydrogen-bond acceptors (Lipinski definition) is 3. The Labute approximate surface area is 160 Å². The van der Waals surface area contributed by atoms with Gasteiger partial charge in [0.05, 0.1) is 11.9 Å². The van der Waals surface area contributed by atoms with Crippen molar-refractivity contribution in [3.05, 3.63) is 58.1 Å². The molecule has 0 bridgehead atoms. The van der Waals surface area contributed by atoms with Gasteiger partial charge in [-0.05, 0) is 57.0 Å². The summed E-state index contributed by atoms with van der Waals surface area (Å²) < 4.78 is 25.9. The topological polar surface area (TPSA) is 66.5 Å². The van der Waals surface area contributed by atoms with Crippen LogP contribution in [0.4, 0.5) is 11.4 Å². The molecule has 0 saturated heterocycles. The van der Waals surface area contributed by atoms with Crippen LogP contribution in [0.1, 0.15) is 23.6 Å². The first-order valence-corrected chi connectivity index (χ1v) is 10.4. The molecule has 0 spiro atoms. The predicted molar refractivity (Wildman–Crippen MR) is 108 cm³/mol. The summed E-state index contributed by atoms with van der Waals surface area (Å²) in [7, 11) is -3.70. The number of sulfonamides is 1. The summed E-state index contributed by atoms with van der Waals surface area (Å²) >= 11 is 6.04. The maximum atomic E-state index is 12.8. The lowest BCUT2D eigenvalue weighted by Crippen LogP contribution is -2.45. The van der Waals surface area contributed by atoms with E-state index in [1.807, 2.05) is 32.0 Å². The lowest BCUT2D eigenvalue weighted by atomic mass is 10.1. The molecule has 0 radical (unpaired) electrons. The third kappa shape index (κ3) is 4.56. The van der Waals surface area contributed by atoms with Gasteiger partial charge < -0.3 is 5.32 Å². The molecule has 2 aromatic carbocycles. The minimum absolute atomic E-state index is 0.392. The quantitative estimate of drug-likeness (QED) is 0.831.